The van der Waals surface area contributed by atoms with Crippen LogP contribution in [0.4, 0.5) is 16.3 Å². The molecule has 34 heavy (non-hydrogen) atoms. The fourth-order valence-corrected chi connectivity index (χ4v) is 4.93. The molecule has 3 heterocycles. The van der Waals surface area contributed by atoms with Crippen molar-refractivity contribution in [3.05, 3.63) is 47.7 Å². The van der Waals surface area contributed by atoms with E-state index in [0.29, 0.717) is 24.6 Å². The van der Waals surface area contributed by atoms with Crippen LogP contribution in [0.2, 0.25) is 0 Å². The standard InChI is InChI=1S/C25H33N3O5S/c1-25(2,3)33-24(29)27-12-10-20(11-13-27)32-17-18-5-8-23(26-16-18)28-14-9-19-15-21(34(4,30)31)6-7-22(19)28/h5-8,15-16,20H,9-14,17H2,1-4H3. The van der Waals surface area contributed by atoms with E-state index in [-0.39, 0.29) is 12.2 Å². The van der Waals surface area contributed by atoms with Crippen LogP contribution in [0.25, 0.3) is 0 Å². The molecule has 0 aliphatic carbocycles. The third-order valence-corrected chi connectivity index (χ3v) is 7.15. The molecule has 184 valence electrons. The van der Waals surface area contributed by atoms with Gasteiger partial charge in [-0.15, -0.1) is 0 Å². The average Bonchev–Trinajstić information content (AvgIpc) is 3.20. The first-order valence-corrected chi connectivity index (χ1v) is 13.5. The number of anilines is 2. The number of benzene rings is 1. The number of likely N-dealkylation sites (tertiary alicyclic amines) is 1. The number of amides is 1. The lowest BCUT2D eigenvalue weighted by Gasteiger charge is -2.33. The van der Waals surface area contributed by atoms with Crippen LogP contribution < -0.4 is 4.90 Å². The minimum atomic E-state index is -3.22. The molecular formula is C25H33N3O5S. The lowest BCUT2D eigenvalue weighted by molar-refractivity contribution is -0.0171. The van der Waals surface area contributed by atoms with E-state index < -0.39 is 15.4 Å². The molecule has 1 aromatic heterocycles. The third kappa shape index (κ3) is 5.88. The van der Waals surface area contributed by atoms with Crippen molar-refractivity contribution in [2.45, 2.75) is 63.2 Å². The first kappa shape index (κ1) is 24.5. The van der Waals surface area contributed by atoms with Gasteiger partial charge >= 0.3 is 6.09 Å². The summed E-state index contributed by atoms with van der Waals surface area (Å²) in [5.41, 5.74) is 2.53. The van der Waals surface area contributed by atoms with Gasteiger partial charge in [-0.2, -0.15) is 0 Å². The normalized spacial score (nSPS) is 17.1. The highest BCUT2D eigenvalue weighted by Crippen LogP contribution is 2.35. The lowest BCUT2D eigenvalue weighted by Crippen LogP contribution is -2.43. The second kappa shape index (κ2) is 9.54. The number of ether oxygens (including phenoxy) is 2. The van der Waals surface area contributed by atoms with Crippen molar-refractivity contribution in [3.8, 4) is 0 Å². The Labute approximate surface area is 201 Å². The Kier molecular flexibility index (Phi) is 6.87. The van der Waals surface area contributed by atoms with Crippen LogP contribution in [-0.2, 0) is 32.3 Å². The van der Waals surface area contributed by atoms with E-state index in [1.165, 1.54) is 6.26 Å². The van der Waals surface area contributed by atoms with Crippen LogP contribution >= 0.6 is 0 Å². The van der Waals surface area contributed by atoms with Crippen LogP contribution in [0.15, 0.2) is 41.4 Å². The lowest BCUT2D eigenvalue weighted by atomic mass is 10.1. The first-order valence-electron chi connectivity index (χ1n) is 11.6. The zero-order valence-electron chi connectivity index (χ0n) is 20.3. The number of fused-ring (bicyclic) bond motifs is 1. The number of aromatic nitrogens is 1. The Hall–Kier alpha value is -2.65. The summed E-state index contributed by atoms with van der Waals surface area (Å²) in [6.45, 7) is 8.12. The molecule has 2 aliphatic heterocycles. The number of rotatable bonds is 5. The minimum absolute atomic E-state index is 0.105. The fourth-order valence-electron chi connectivity index (χ4n) is 4.25. The van der Waals surface area contributed by atoms with Crippen LogP contribution in [0.5, 0.6) is 0 Å². The first-order chi connectivity index (χ1) is 16.0. The highest BCUT2D eigenvalue weighted by atomic mass is 32.2. The summed E-state index contributed by atoms with van der Waals surface area (Å²) in [7, 11) is -3.22. The van der Waals surface area contributed by atoms with Crippen LogP contribution in [0, 0.1) is 0 Å². The van der Waals surface area contributed by atoms with Gasteiger partial charge in [0.2, 0.25) is 0 Å². The molecule has 0 atom stereocenters. The predicted molar refractivity (Wildman–Crippen MR) is 130 cm³/mol. The average molecular weight is 488 g/mol. The van der Waals surface area contributed by atoms with Crippen LogP contribution in [-0.4, -0.2) is 62.0 Å². The highest BCUT2D eigenvalue weighted by molar-refractivity contribution is 7.90. The third-order valence-electron chi connectivity index (χ3n) is 6.04. The summed E-state index contributed by atoms with van der Waals surface area (Å²) in [6, 6.07) is 9.27. The number of piperidine rings is 1. The zero-order chi connectivity index (χ0) is 24.5. The van der Waals surface area contributed by atoms with E-state index in [1.54, 1.807) is 17.0 Å². The van der Waals surface area contributed by atoms with Crippen molar-refractivity contribution >= 4 is 27.4 Å². The summed E-state index contributed by atoms with van der Waals surface area (Å²) < 4.78 is 35.2. The Bertz CT molecular complexity index is 1130. The molecule has 0 spiro atoms. The topological polar surface area (TPSA) is 89.0 Å². The van der Waals surface area contributed by atoms with Crippen LogP contribution in [0.3, 0.4) is 0 Å². The number of pyridine rings is 1. The molecule has 1 amide bonds. The van der Waals surface area contributed by atoms with Gasteiger partial charge in [-0.1, -0.05) is 6.07 Å². The van der Waals surface area contributed by atoms with E-state index in [0.717, 1.165) is 48.4 Å². The van der Waals surface area contributed by atoms with E-state index in [4.69, 9.17) is 9.47 Å². The van der Waals surface area contributed by atoms with Gasteiger partial charge in [0.1, 0.15) is 11.4 Å². The van der Waals surface area contributed by atoms with E-state index in [1.807, 2.05) is 45.2 Å². The second-order valence-electron chi connectivity index (χ2n) is 9.97. The summed E-state index contributed by atoms with van der Waals surface area (Å²) >= 11 is 0. The van der Waals surface area contributed by atoms with E-state index in [2.05, 4.69) is 9.88 Å². The van der Waals surface area contributed by atoms with Crippen molar-refractivity contribution in [2.24, 2.45) is 0 Å². The van der Waals surface area contributed by atoms with Gasteiger partial charge in [0.25, 0.3) is 0 Å². The highest BCUT2D eigenvalue weighted by Gasteiger charge is 2.27. The van der Waals surface area contributed by atoms with Gasteiger partial charge in [-0.3, -0.25) is 0 Å². The number of carbonyl (C=O) groups excluding carboxylic acids is 1. The van der Waals surface area contributed by atoms with Crippen molar-refractivity contribution in [1.29, 1.82) is 0 Å². The number of hydrogen-bond acceptors (Lipinski definition) is 7. The molecule has 4 rings (SSSR count). The minimum Gasteiger partial charge on any atom is -0.444 e. The van der Waals surface area contributed by atoms with E-state index in [9.17, 15) is 13.2 Å². The molecule has 9 heteroatoms. The Morgan fingerprint density at radius 2 is 1.85 bits per heavy atom. The Morgan fingerprint density at radius 1 is 1.12 bits per heavy atom. The molecule has 0 bridgehead atoms. The number of sulfone groups is 1. The Morgan fingerprint density at radius 3 is 2.47 bits per heavy atom. The van der Waals surface area contributed by atoms with Gasteiger partial charge in [0, 0.05) is 37.8 Å². The van der Waals surface area contributed by atoms with Crippen LogP contribution in [0.1, 0.15) is 44.7 Å². The molecule has 0 N–H and O–H groups in total. The van der Waals surface area contributed by atoms with Crippen molar-refractivity contribution in [2.75, 3.05) is 30.8 Å². The maximum Gasteiger partial charge on any atom is 0.410 e. The van der Waals surface area contributed by atoms with Gasteiger partial charge in [-0.05, 0) is 75.4 Å². The molecule has 1 aromatic carbocycles. The smallest absolute Gasteiger partial charge is 0.410 e. The van der Waals surface area contributed by atoms with Crippen molar-refractivity contribution in [3.63, 3.8) is 0 Å². The molecule has 1 fully saturated rings. The van der Waals surface area contributed by atoms with Crippen molar-refractivity contribution in [1.82, 2.24) is 9.88 Å². The van der Waals surface area contributed by atoms with Gasteiger partial charge in [0.05, 0.1) is 17.6 Å². The largest absolute Gasteiger partial charge is 0.444 e. The molecule has 2 aromatic rings. The number of hydrogen-bond donors (Lipinski definition) is 0. The quantitative estimate of drug-likeness (QED) is 0.627. The zero-order valence-corrected chi connectivity index (χ0v) is 21.1. The Balaban J connectivity index is 1.29. The molecule has 2 aliphatic rings. The SMILES string of the molecule is CC(C)(C)OC(=O)N1CCC(OCc2ccc(N3CCc4cc(S(C)(=O)=O)ccc43)nc2)CC1. The molecule has 0 radical (unpaired) electrons. The maximum absolute atomic E-state index is 12.2. The van der Waals surface area contributed by atoms with Gasteiger partial charge < -0.3 is 19.3 Å². The van der Waals surface area contributed by atoms with Gasteiger partial charge in [0.15, 0.2) is 9.84 Å². The maximum atomic E-state index is 12.2. The number of carbonyl (C=O) groups is 1. The number of nitrogens with zero attached hydrogens (tertiary/aromatic N) is 3. The molecule has 0 saturated carbocycles. The molecule has 8 nitrogen and oxygen atoms in total. The van der Waals surface area contributed by atoms with E-state index >= 15 is 0 Å². The summed E-state index contributed by atoms with van der Waals surface area (Å²) in [5, 5.41) is 0. The van der Waals surface area contributed by atoms with Gasteiger partial charge in [-0.25, -0.2) is 18.2 Å². The predicted octanol–water partition coefficient (Wildman–Crippen LogP) is 4.10. The van der Waals surface area contributed by atoms with Crippen molar-refractivity contribution < 1.29 is 22.7 Å². The summed E-state index contributed by atoms with van der Waals surface area (Å²) in [6.07, 6.45) is 5.25. The molecular weight excluding hydrogens is 454 g/mol. The second-order valence-corrected chi connectivity index (χ2v) is 12.0. The molecule has 0 unspecified atom stereocenters. The monoisotopic (exact) mass is 487 g/mol. The molecule has 1 saturated heterocycles. The fraction of sp³-hybridized carbons (Fsp3) is 0.520. The summed E-state index contributed by atoms with van der Waals surface area (Å²) in [5.74, 6) is 0.834. The summed E-state index contributed by atoms with van der Waals surface area (Å²) in [4.78, 5) is 21.0.